The first-order valence-electron chi connectivity index (χ1n) is 5.68. The molecule has 0 aliphatic carbocycles. The number of hydrogen-bond donors (Lipinski definition) is 1. The molecule has 0 spiro atoms. The van der Waals surface area contributed by atoms with Crippen molar-refractivity contribution in [1.29, 1.82) is 0 Å². The molecule has 3 nitrogen and oxygen atoms in total. The third-order valence-electron chi connectivity index (χ3n) is 2.50. The van der Waals surface area contributed by atoms with E-state index in [0.717, 1.165) is 17.7 Å². The van der Waals surface area contributed by atoms with Crippen LogP contribution in [-0.4, -0.2) is 5.91 Å². The van der Waals surface area contributed by atoms with Gasteiger partial charge in [0.1, 0.15) is 0 Å². The second kappa shape index (κ2) is 6.45. The molecule has 104 valence electrons. The van der Waals surface area contributed by atoms with E-state index in [-0.39, 0.29) is 17.2 Å². The van der Waals surface area contributed by atoms with Gasteiger partial charge >= 0.3 is 0 Å². The van der Waals surface area contributed by atoms with Crippen molar-refractivity contribution in [3.63, 3.8) is 0 Å². The monoisotopic (exact) mass is 297 g/mol. The molecule has 0 radical (unpaired) electrons. The van der Waals surface area contributed by atoms with Crippen molar-refractivity contribution in [1.82, 2.24) is 5.48 Å². The van der Waals surface area contributed by atoms with Crippen LogP contribution in [0.2, 0.25) is 5.02 Å². The minimum atomic E-state index is -1.15. The number of amides is 1. The van der Waals surface area contributed by atoms with Crippen molar-refractivity contribution >= 4 is 17.5 Å². The van der Waals surface area contributed by atoms with Crippen LogP contribution in [0.5, 0.6) is 0 Å². The molecule has 0 aromatic heterocycles. The lowest BCUT2D eigenvalue weighted by Crippen LogP contribution is -2.24. The van der Waals surface area contributed by atoms with Crippen LogP contribution in [0.1, 0.15) is 15.9 Å². The van der Waals surface area contributed by atoms with E-state index in [4.69, 9.17) is 16.4 Å². The number of halogens is 3. The third kappa shape index (κ3) is 3.53. The van der Waals surface area contributed by atoms with E-state index in [1.165, 1.54) is 0 Å². The summed E-state index contributed by atoms with van der Waals surface area (Å²) in [4.78, 5) is 16.7. The number of rotatable bonds is 4. The van der Waals surface area contributed by atoms with Crippen LogP contribution in [-0.2, 0) is 11.4 Å². The van der Waals surface area contributed by atoms with Crippen LogP contribution < -0.4 is 5.48 Å². The van der Waals surface area contributed by atoms with Crippen molar-refractivity contribution in [3.05, 3.63) is 70.2 Å². The van der Waals surface area contributed by atoms with Gasteiger partial charge in [-0.15, -0.1) is 0 Å². The zero-order valence-electron chi connectivity index (χ0n) is 10.2. The summed E-state index contributed by atoms with van der Waals surface area (Å²) >= 11 is 5.67. The second-order valence-corrected chi connectivity index (χ2v) is 4.36. The molecule has 2 aromatic rings. The average molecular weight is 298 g/mol. The van der Waals surface area contributed by atoms with Gasteiger partial charge in [-0.1, -0.05) is 41.9 Å². The van der Waals surface area contributed by atoms with Crippen LogP contribution in [0.15, 0.2) is 42.5 Å². The first-order valence-corrected chi connectivity index (χ1v) is 6.06. The molecule has 20 heavy (non-hydrogen) atoms. The molecule has 0 saturated carbocycles. The fourth-order valence-electron chi connectivity index (χ4n) is 1.51. The van der Waals surface area contributed by atoms with Crippen LogP contribution in [0.25, 0.3) is 0 Å². The number of nitrogens with one attached hydrogen (secondary N) is 1. The topological polar surface area (TPSA) is 38.3 Å². The Labute approximate surface area is 119 Å². The molecule has 0 fully saturated rings. The fourth-order valence-corrected chi connectivity index (χ4v) is 1.75. The van der Waals surface area contributed by atoms with E-state index in [2.05, 4.69) is 5.48 Å². The highest BCUT2D eigenvalue weighted by atomic mass is 35.5. The Morgan fingerprint density at radius 2 is 1.80 bits per heavy atom. The highest BCUT2D eigenvalue weighted by Gasteiger charge is 2.15. The number of carbonyl (C=O) groups excluding carboxylic acids is 1. The molecule has 1 N–H and O–H groups in total. The molecule has 2 rings (SSSR count). The number of hydrogen-bond acceptors (Lipinski definition) is 2. The van der Waals surface area contributed by atoms with Crippen molar-refractivity contribution in [2.75, 3.05) is 0 Å². The van der Waals surface area contributed by atoms with Crippen molar-refractivity contribution in [2.24, 2.45) is 0 Å². The summed E-state index contributed by atoms with van der Waals surface area (Å²) in [7, 11) is 0. The zero-order valence-corrected chi connectivity index (χ0v) is 11.0. The van der Waals surface area contributed by atoms with E-state index < -0.39 is 17.5 Å². The zero-order chi connectivity index (χ0) is 14.5. The smallest absolute Gasteiger partial charge is 0.269 e. The molecule has 6 heteroatoms. The molecule has 0 aliphatic rings. The van der Waals surface area contributed by atoms with E-state index >= 15 is 0 Å². The van der Waals surface area contributed by atoms with E-state index in [1.54, 1.807) is 0 Å². The minimum absolute atomic E-state index is 0.147. The summed E-state index contributed by atoms with van der Waals surface area (Å²) < 4.78 is 25.9. The van der Waals surface area contributed by atoms with Gasteiger partial charge in [-0.2, -0.15) is 0 Å². The maximum absolute atomic E-state index is 13.1. The summed E-state index contributed by atoms with van der Waals surface area (Å²) in [6, 6.07) is 10.6. The van der Waals surface area contributed by atoms with E-state index in [9.17, 15) is 13.6 Å². The lowest BCUT2D eigenvalue weighted by molar-refractivity contribution is 0.0233. The molecule has 0 saturated heterocycles. The Morgan fingerprint density at radius 3 is 2.50 bits per heavy atom. The van der Waals surface area contributed by atoms with Crippen molar-refractivity contribution in [3.8, 4) is 0 Å². The molecule has 0 atom stereocenters. The summed E-state index contributed by atoms with van der Waals surface area (Å²) in [6.45, 7) is 0.147. The maximum atomic E-state index is 13.1. The minimum Gasteiger partial charge on any atom is -0.269 e. The lowest BCUT2D eigenvalue weighted by atomic mass is 10.2. The predicted molar refractivity (Wildman–Crippen MR) is 70.1 cm³/mol. The van der Waals surface area contributed by atoms with Gasteiger partial charge in [-0.3, -0.25) is 9.63 Å². The molecular formula is C14H10ClF2NO2. The van der Waals surface area contributed by atoms with Crippen LogP contribution in [0.4, 0.5) is 8.78 Å². The third-order valence-corrected chi connectivity index (χ3v) is 2.81. The van der Waals surface area contributed by atoms with Gasteiger partial charge in [0.25, 0.3) is 5.91 Å². The standard InChI is InChI=1S/C14H10ClF2NO2/c15-11-7-13(17)12(16)6-10(11)14(19)18-20-8-9-4-2-1-3-5-9/h1-7H,8H2,(H,18,19). The fraction of sp³-hybridized carbons (Fsp3) is 0.0714. The quantitative estimate of drug-likeness (QED) is 0.693. The summed E-state index contributed by atoms with van der Waals surface area (Å²) in [5, 5.41) is -0.190. The molecular weight excluding hydrogens is 288 g/mol. The Balaban J connectivity index is 1.97. The Kier molecular flexibility index (Phi) is 4.65. The summed E-state index contributed by atoms with van der Waals surface area (Å²) in [5.41, 5.74) is 2.78. The van der Waals surface area contributed by atoms with Gasteiger partial charge in [0, 0.05) is 0 Å². The van der Waals surface area contributed by atoms with Gasteiger partial charge in [0.05, 0.1) is 17.2 Å². The van der Waals surface area contributed by atoms with Crippen LogP contribution in [0.3, 0.4) is 0 Å². The first-order chi connectivity index (χ1) is 9.58. The molecule has 1 amide bonds. The number of hydroxylamine groups is 1. The number of carbonyl (C=O) groups is 1. The SMILES string of the molecule is O=C(NOCc1ccccc1)c1cc(F)c(F)cc1Cl. The molecule has 0 heterocycles. The van der Waals surface area contributed by atoms with Gasteiger partial charge in [-0.05, 0) is 17.7 Å². The van der Waals surface area contributed by atoms with Crippen molar-refractivity contribution < 1.29 is 18.4 Å². The average Bonchev–Trinajstić information content (AvgIpc) is 2.44. The van der Waals surface area contributed by atoms with Crippen LogP contribution >= 0.6 is 11.6 Å². The maximum Gasteiger partial charge on any atom is 0.276 e. The highest BCUT2D eigenvalue weighted by molar-refractivity contribution is 6.33. The normalized spacial score (nSPS) is 10.3. The Hall–Kier alpha value is -1.98. The van der Waals surface area contributed by atoms with E-state index in [0.29, 0.717) is 0 Å². The molecule has 0 aliphatic heterocycles. The predicted octanol–water partition coefficient (Wildman–Crippen LogP) is 3.48. The van der Waals surface area contributed by atoms with Gasteiger partial charge in [0.2, 0.25) is 0 Å². The van der Waals surface area contributed by atoms with Crippen molar-refractivity contribution in [2.45, 2.75) is 6.61 Å². The molecule has 0 unspecified atom stereocenters. The van der Waals surface area contributed by atoms with Gasteiger partial charge in [0.15, 0.2) is 11.6 Å². The Morgan fingerprint density at radius 1 is 1.15 bits per heavy atom. The lowest BCUT2D eigenvalue weighted by Gasteiger charge is -2.07. The van der Waals surface area contributed by atoms with E-state index in [1.807, 2.05) is 30.3 Å². The summed E-state index contributed by atoms with van der Waals surface area (Å²) in [6.07, 6.45) is 0. The van der Waals surface area contributed by atoms with Gasteiger partial charge in [-0.25, -0.2) is 14.3 Å². The van der Waals surface area contributed by atoms with Gasteiger partial charge < -0.3 is 0 Å². The van der Waals surface area contributed by atoms with Crippen LogP contribution in [0, 0.1) is 11.6 Å². The molecule has 2 aromatic carbocycles. The second-order valence-electron chi connectivity index (χ2n) is 3.95. The molecule has 0 bridgehead atoms. The Bertz CT molecular complexity index is 620. The largest absolute Gasteiger partial charge is 0.276 e. The summed E-state index contributed by atoms with van der Waals surface area (Å²) in [5.74, 6) is -3.01. The first kappa shape index (κ1) is 14.4. The number of benzene rings is 2. The highest BCUT2D eigenvalue weighted by Crippen LogP contribution is 2.19.